The van der Waals surface area contributed by atoms with Gasteiger partial charge in [-0.05, 0) is 19.1 Å². The first kappa shape index (κ1) is 13.6. The number of halogens is 2. The Bertz CT molecular complexity index is 661. The molecule has 19 heavy (non-hydrogen) atoms. The van der Waals surface area contributed by atoms with Crippen molar-refractivity contribution in [3.63, 3.8) is 0 Å². The van der Waals surface area contributed by atoms with E-state index in [1.807, 2.05) is 0 Å². The van der Waals surface area contributed by atoms with E-state index in [1.165, 1.54) is 12.3 Å². The Balaban J connectivity index is 2.18. The number of benzene rings is 1. The normalized spacial score (nSPS) is 10.9. The molecule has 0 amide bonds. The molecule has 0 atom stereocenters. The van der Waals surface area contributed by atoms with E-state index in [4.69, 9.17) is 23.2 Å². The van der Waals surface area contributed by atoms with Gasteiger partial charge in [0.25, 0.3) is 5.56 Å². The number of anilines is 1. The summed E-state index contributed by atoms with van der Waals surface area (Å²) in [6, 6.07) is 6.55. The fourth-order valence-corrected chi connectivity index (χ4v) is 1.92. The molecule has 2 aromatic rings. The lowest BCUT2D eigenvalue weighted by Gasteiger charge is -2.02. The van der Waals surface area contributed by atoms with Crippen molar-refractivity contribution in [2.45, 2.75) is 6.92 Å². The highest BCUT2D eigenvalue weighted by atomic mass is 35.5. The second-order valence-electron chi connectivity index (χ2n) is 3.74. The highest BCUT2D eigenvalue weighted by Crippen LogP contribution is 2.22. The molecule has 0 saturated carbocycles. The van der Waals surface area contributed by atoms with Gasteiger partial charge in [-0.15, -0.1) is 0 Å². The van der Waals surface area contributed by atoms with E-state index in [1.54, 1.807) is 25.1 Å². The van der Waals surface area contributed by atoms with Crippen LogP contribution in [-0.2, 0) is 0 Å². The zero-order valence-corrected chi connectivity index (χ0v) is 11.5. The molecule has 7 heteroatoms. The number of aryl methyl sites for hydroxylation is 1. The minimum Gasteiger partial charge on any atom is -0.291 e. The molecule has 0 bridgehead atoms. The molecule has 1 heterocycles. The minimum absolute atomic E-state index is 0.249. The van der Waals surface area contributed by atoms with Crippen LogP contribution in [0, 0.1) is 6.92 Å². The molecule has 0 spiro atoms. The van der Waals surface area contributed by atoms with Gasteiger partial charge in [0.1, 0.15) is 0 Å². The molecule has 0 aliphatic rings. The Hall–Kier alpha value is -1.85. The van der Waals surface area contributed by atoms with E-state index in [9.17, 15) is 4.79 Å². The van der Waals surface area contributed by atoms with Crippen LogP contribution in [0.4, 0.5) is 5.95 Å². The van der Waals surface area contributed by atoms with Crippen molar-refractivity contribution in [3.05, 3.63) is 55.9 Å². The van der Waals surface area contributed by atoms with Gasteiger partial charge in [0, 0.05) is 17.3 Å². The highest BCUT2D eigenvalue weighted by Gasteiger charge is 2.02. The number of nitrogens with one attached hydrogen (secondary N) is 2. The van der Waals surface area contributed by atoms with Crippen LogP contribution >= 0.6 is 23.2 Å². The van der Waals surface area contributed by atoms with Gasteiger partial charge >= 0.3 is 0 Å². The second-order valence-corrected chi connectivity index (χ2v) is 4.56. The molecule has 5 nitrogen and oxygen atoms in total. The van der Waals surface area contributed by atoms with Crippen molar-refractivity contribution < 1.29 is 0 Å². The molecular formula is C12H10Cl2N4O. The third-order valence-corrected chi connectivity index (χ3v) is 2.89. The predicted molar refractivity (Wildman–Crippen MR) is 77.3 cm³/mol. The summed E-state index contributed by atoms with van der Waals surface area (Å²) in [5.41, 5.74) is 3.55. The fraction of sp³-hybridized carbons (Fsp3) is 0.0833. The van der Waals surface area contributed by atoms with E-state index in [0.29, 0.717) is 21.3 Å². The van der Waals surface area contributed by atoms with Crippen LogP contribution in [-0.4, -0.2) is 16.2 Å². The van der Waals surface area contributed by atoms with Crippen LogP contribution in [0.25, 0.3) is 0 Å². The summed E-state index contributed by atoms with van der Waals surface area (Å²) in [7, 11) is 0. The molecule has 2 rings (SSSR count). The smallest absolute Gasteiger partial charge is 0.252 e. The number of H-pyrrole nitrogens is 1. The maximum absolute atomic E-state index is 11.2. The van der Waals surface area contributed by atoms with E-state index in [-0.39, 0.29) is 11.5 Å². The van der Waals surface area contributed by atoms with Crippen LogP contribution in [0.2, 0.25) is 10.0 Å². The lowest BCUT2D eigenvalue weighted by molar-refractivity contribution is 1.04. The van der Waals surface area contributed by atoms with E-state index < -0.39 is 0 Å². The first-order valence-electron chi connectivity index (χ1n) is 5.37. The van der Waals surface area contributed by atoms with Crippen molar-refractivity contribution in [3.8, 4) is 0 Å². The summed E-state index contributed by atoms with van der Waals surface area (Å²) in [5.74, 6) is 0.254. The van der Waals surface area contributed by atoms with E-state index >= 15 is 0 Å². The molecule has 98 valence electrons. The molecule has 2 N–H and O–H groups in total. The lowest BCUT2D eigenvalue weighted by atomic mass is 10.2. The monoisotopic (exact) mass is 296 g/mol. The third-order valence-electron chi connectivity index (χ3n) is 2.23. The summed E-state index contributed by atoms with van der Waals surface area (Å²) < 4.78 is 0. The van der Waals surface area contributed by atoms with Crippen LogP contribution in [0.3, 0.4) is 0 Å². The summed E-state index contributed by atoms with van der Waals surface area (Å²) >= 11 is 12.0. The van der Waals surface area contributed by atoms with Crippen LogP contribution < -0.4 is 11.0 Å². The number of nitrogens with zero attached hydrogens (tertiary/aromatic N) is 2. The van der Waals surface area contributed by atoms with Crippen molar-refractivity contribution in [2.24, 2.45) is 5.10 Å². The van der Waals surface area contributed by atoms with E-state index in [0.717, 1.165) is 0 Å². The van der Waals surface area contributed by atoms with Gasteiger partial charge < -0.3 is 0 Å². The average Bonchev–Trinajstić information content (AvgIpc) is 2.32. The molecule has 0 unspecified atom stereocenters. The summed E-state index contributed by atoms with van der Waals surface area (Å²) in [6.45, 7) is 1.72. The number of hydrogen-bond donors (Lipinski definition) is 2. The van der Waals surface area contributed by atoms with Crippen LogP contribution in [0.5, 0.6) is 0 Å². The Morgan fingerprint density at radius 3 is 2.68 bits per heavy atom. The maximum Gasteiger partial charge on any atom is 0.252 e. The summed E-state index contributed by atoms with van der Waals surface area (Å²) in [5, 5.41) is 4.92. The lowest BCUT2D eigenvalue weighted by Crippen LogP contribution is -2.10. The molecular weight excluding hydrogens is 287 g/mol. The average molecular weight is 297 g/mol. The van der Waals surface area contributed by atoms with Gasteiger partial charge in [-0.1, -0.05) is 29.3 Å². The van der Waals surface area contributed by atoms with Crippen LogP contribution in [0.15, 0.2) is 34.2 Å². The molecule has 0 radical (unpaired) electrons. The maximum atomic E-state index is 11.2. The fourth-order valence-electron chi connectivity index (χ4n) is 1.42. The van der Waals surface area contributed by atoms with E-state index in [2.05, 4.69) is 20.5 Å². The first-order chi connectivity index (χ1) is 9.06. The largest absolute Gasteiger partial charge is 0.291 e. The van der Waals surface area contributed by atoms with Crippen molar-refractivity contribution >= 4 is 35.4 Å². The first-order valence-corrected chi connectivity index (χ1v) is 6.13. The predicted octanol–water partition coefficient (Wildman–Crippen LogP) is 2.83. The summed E-state index contributed by atoms with van der Waals surface area (Å²) in [4.78, 5) is 17.8. The van der Waals surface area contributed by atoms with Gasteiger partial charge in [-0.25, -0.2) is 10.4 Å². The van der Waals surface area contributed by atoms with Gasteiger partial charge in [-0.2, -0.15) is 5.10 Å². The van der Waals surface area contributed by atoms with Gasteiger partial charge in [0.05, 0.1) is 16.3 Å². The zero-order valence-electron chi connectivity index (χ0n) is 9.95. The minimum atomic E-state index is -0.249. The molecule has 1 aromatic heterocycles. The zero-order chi connectivity index (χ0) is 13.8. The highest BCUT2D eigenvalue weighted by molar-refractivity contribution is 6.38. The molecule has 0 fully saturated rings. The Morgan fingerprint density at radius 1 is 1.37 bits per heavy atom. The Morgan fingerprint density at radius 2 is 2.05 bits per heavy atom. The number of aromatic amines is 1. The van der Waals surface area contributed by atoms with Crippen molar-refractivity contribution in [2.75, 3.05) is 5.43 Å². The SMILES string of the molecule is Cc1cc(=O)[nH]c(N/N=C\c2c(Cl)cccc2Cl)n1. The standard InChI is InChI=1S/C12H10Cl2N4O/c1-7-5-11(19)17-12(16-7)18-15-6-8-9(13)3-2-4-10(8)14/h2-6H,1H3,(H2,16,17,18,19)/b15-6-. The number of rotatable bonds is 3. The number of hydrazone groups is 1. The summed E-state index contributed by atoms with van der Waals surface area (Å²) in [6.07, 6.45) is 1.47. The Kier molecular flexibility index (Phi) is 4.19. The quantitative estimate of drug-likeness (QED) is 0.676. The third kappa shape index (κ3) is 3.56. The second kappa shape index (κ2) is 5.86. The van der Waals surface area contributed by atoms with Gasteiger partial charge in [0.2, 0.25) is 5.95 Å². The van der Waals surface area contributed by atoms with Crippen molar-refractivity contribution in [1.29, 1.82) is 0 Å². The molecule has 0 aliphatic heterocycles. The topological polar surface area (TPSA) is 70.1 Å². The molecule has 0 saturated heterocycles. The number of aromatic nitrogens is 2. The number of hydrogen-bond acceptors (Lipinski definition) is 4. The van der Waals surface area contributed by atoms with Gasteiger partial charge in [0.15, 0.2) is 0 Å². The van der Waals surface area contributed by atoms with Crippen molar-refractivity contribution in [1.82, 2.24) is 9.97 Å². The van der Waals surface area contributed by atoms with Gasteiger partial charge in [-0.3, -0.25) is 9.78 Å². The Labute approximate surface area is 119 Å². The van der Waals surface area contributed by atoms with Crippen LogP contribution in [0.1, 0.15) is 11.3 Å². The molecule has 0 aliphatic carbocycles. The molecule has 1 aromatic carbocycles.